The second-order valence-electron chi connectivity index (χ2n) is 6.03. The summed E-state index contributed by atoms with van der Waals surface area (Å²) < 4.78 is 0. The zero-order chi connectivity index (χ0) is 12.1. The molecule has 0 aliphatic heterocycles. The van der Waals surface area contributed by atoms with Crippen LogP contribution in [0.3, 0.4) is 0 Å². The smallest absolute Gasteiger partial charge is 0.0246 e. The van der Waals surface area contributed by atoms with Crippen molar-refractivity contribution >= 4 is 0 Å². The Balaban J connectivity index is 2.48. The maximum atomic E-state index is 6.27. The lowest BCUT2D eigenvalue weighted by molar-refractivity contribution is 0.122. The van der Waals surface area contributed by atoms with Crippen molar-refractivity contribution in [3.05, 3.63) is 0 Å². The van der Waals surface area contributed by atoms with Crippen molar-refractivity contribution in [3.8, 4) is 0 Å². The summed E-state index contributed by atoms with van der Waals surface area (Å²) in [6.07, 6.45) is 6.59. The quantitative estimate of drug-likeness (QED) is 0.781. The monoisotopic (exact) mass is 226 g/mol. The zero-order valence-corrected chi connectivity index (χ0v) is 11.6. The fourth-order valence-electron chi connectivity index (χ4n) is 3.14. The average Bonchev–Trinajstić information content (AvgIpc) is 2.20. The molecular weight excluding hydrogens is 196 g/mol. The molecule has 0 spiro atoms. The van der Waals surface area contributed by atoms with Crippen LogP contribution in [0.5, 0.6) is 0 Å². The van der Waals surface area contributed by atoms with Gasteiger partial charge in [0.05, 0.1) is 0 Å². The second kappa shape index (κ2) is 6.61. The van der Waals surface area contributed by atoms with Crippen LogP contribution in [0.15, 0.2) is 0 Å². The minimum atomic E-state index is 0.400. The van der Waals surface area contributed by atoms with Crippen LogP contribution < -0.4 is 5.73 Å². The molecule has 96 valence electrons. The zero-order valence-electron chi connectivity index (χ0n) is 11.6. The molecule has 1 saturated carbocycles. The average molecular weight is 226 g/mol. The van der Waals surface area contributed by atoms with Crippen molar-refractivity contribution < 1.29 is 0 Å². The van der Waals surface area contributed by atoms with Gasteiger partial charge in [-0.1, -0.05) is 33.6 Å². The molecule has 2 N–H and O–H groups in total. The summed E-state index contributed by atoms with van der Waals surface area (Å²) in [6.45, 7) is 8.04. The SMILES string of the molecule is CCCC1CCC(N)C(N(C)CC(C)C)C1. The Morgan fingerprint density at radius 1 is 1.31 bits per heavy atom. The van der Waals surface area contributed by atoms with Crippen molar-refractivity contribution in [2.45, 2.75) is 65.0 Å². The Morgan fingerprint density at radius 3 is 2.56 bits per heavy atom. The second-order valence-corrected chi connectivity index (χ2v) is 6.03. The topological polar surface area (TPSA) is 29.3 Å². The fraction of sp³-hybridized carbons (Fsp3) is 1.00. The van der Waals surface area contributed by atoms with Crippen molar-refractivity contribution in [2.75, 3.05) is 13.6 Å². The van der Waals surface area contributed by atoms with E-state index in [2.05, 4.69) is 32.7 Å². The van der Waals surface area contributed by atoms with E-state index in [0.717, 1.165) is 11.8 Å². The molecule has 0 bridgehead atoms. The van der Waals surface area contributed by atoms with E-state index in [1.807, 2.05) is 0 Å². The lowest BCUT2D eigenvalue weighted by Gasteiger charge is -2.40. The largest absolute Gasteiger partial charge is 0.326 e. The van der Waals surface area contributed by atoms with Crippen LogP contribution in [0.4, 0.5) is 0 Å². The van der Waals surface area contributed by atoms with E-state index in [4.69, 9.17) is 5.73 Å². The molecule has 16 heavy (non-hydrogen) atoms. The minimum absolute atomic E-state index is 0.400. The Bertz CT molecular complexity index is 191. The Morgan fingerprint density at radius 2 is 2.00 bits per heavy atom. The first-order chi connectivity index (χ1) is 7.54. The highest BCUT2D eigenvalue weighted by Crippen LogP contribution is 2.29. The van der Waals surface area contributed by atoms with Crippen molar-refractivity contribution in [1.82, 2.24) is 4.90 Å². The molecule has 0 heterocycles. The van der Waals surface area contributed by atoms with Crippen molar-refractivity contribution in [3.63, 3.8) is 0 Å². The predicted octanol–water partition coefficient (Wildman–Crippen LogP) is 2.87. The molecule has 0 amide bonds. The van der Waals surface area contributed by atoms with Gasteiger partial charge in [0.2, 0.25) is 0 Å². The molecule has 0 aromatic heterocycles. The first kappa shape index (κ1) is 14.0. The van der Waals surface area contributed by atoms with Gasteiger partial charge in [-0.15, -0.1) is 0 Å². The summed E-state index contributed by atoms with van der Waals surface area (Å²) >= 11 is 0. The highest BCUT2D eigenvalue weighted by Gasteiger charge is 2.30. The number of nitrogens with two attached hydrogens (primary N) is 1. The first-order valence-electron chi connectivity index (χ1n) is 7.00. The van der Waals surface area contributed by atoms with Crippen LogP contribution in [0.2, 0.25) is 0 Å². The number of rotatable bonds is 5. The number of hydrogen-bond acceptors (Lipinski definition) is 2. The minimum Gasteiger partial charge on any atom is -0.326 e. The summed E-state index contributed by atoms with van der Waals surface area (Å²) in [6, 6.07) is 1.02. The molecule has 1 aliphatic carbocycles. The van der Waals surface area contributed by atoms with Gasteiger partial charge in [-0.05, 0) is 38.1 Å². The Labute approximate surface area is 102 Å². The molecule has 0 saturated heterocycles. The molecule has 2 heteroatoms. The molecular formula is C14H30N2. The number of hydrogen-bond donors (Lipinski definition) is 1. The summed E-state index contributed by atoms with van der Waals surface area (Å²) in [5.41, 5.74) is 6.27. The summed E-state index contributed by atoms with van der Waals surface area (Å²) in [4.78, 5) is 2.50. The maximum absolute atomic E-state index is 6.27. The molecule has 3 atom stereocenters. The summed E-state index contributed by atoms with van der Waals surface area (Å²) in [7, 11) is 2.25. The van der Waals surface area contributed by atoms with Gasteiger partial charge in [0.25, 0.3) is 0 Å². The number of likely N-dealkylation sites (N-methyl/N-ethyl adjacent to an activating group) is 1. The van der Waals surface area contributed by atoms with E-state index < -0.39 is 0 Å². The van der Waals surface area contributed by atoms with E-state index in [1.54, 1.807) is 0 Å². The van der Waals surface area contributed by atoms with Gasteiger partial charge >= 0.3 is 0 Å². The summed E-state index contributed by atoms with van der Waals surface area (Å²) in [5, 5.41) is 0. The Kier molecular flexibility index (Phi) is 5.77. The van der Waals surface area contributed by atoms with E-state index >= 15 is 0 Å². The third-order valence-electron chi connectivity index (χ3n) is 3.89. The summed E-state index contributed by atoms with van der Waals surface area (Å²) in [5.74, 6) is 1.66. The van der Waals surface area contributed by atoms with Gasteiger partial charge in [-0.2, -0.15) is 0 Å². The molecule has 3 unspecified atom stereocenters. The van der Waals surface area contributed by atoms with E-state index in [0.29, 0.717) is 12.1 Å². The van der Waals surface area contributed by atoms with Gasteiger partial charge < -0.3 is 10.6 Å². The van der Waals surface area contributed by atoms with Crippen LogP contribution in [0, 0.1) is 11.8 Å². The van der Waals surface area contributed by atoms with Crippen molar-refractivity contribution in [2.24, 2.45) is 17.6 Å². The van der Waals surface area contributed by atoms with Crippen molar-refractivity contribution in [1.29, 1.82) is 0 Å². The molecule has 2 nitrogen and oxygen atoms in total. The first-order valence-corrected chi connectivity index (χ1v) is 7.00. The number of nitrogens with zero attached hydrogens (tertiary/aromatic N) is 1. The van der Waals surface area contributed by atoms with Crippen LogP contribution >= 0.6 is 0 Å². The molecule has 0 aromatic carbocycles. The Hall–Kier alpha value is -0.0800. The normalized spacial score (nSPS) is 31.3. The van der Waals surface area contributed by atoms with Crippen LogP contribution in [-0.4, -0.2) is 30.6 Å². The third-order valence-corrected chi connectivity index (χ3v) is 3.89. The highest BCUT2D eigenvalue weighted by atomic mass is 15.1. The van der Waals surface area contributed by atoms with Gasteiger partial charge in [-0.3, -0.25) is 0 Å². The molecule has 0 aromatic rings. The van der Waals surface area contributed by atoms with Gasteiger partial charge in [0.15, 0.2) is 0 Å². The third kappa shape index (κ3) is 4.06. The molecule has 0 radical (unpaired) electrons. The van der Waals surface area contributed by atoms with E-state index in [1.165, 1.54) is 38.6 Å². The maximum Gasteiger partial charge on any atom is 0.0246 e. The standard InChI is InChI=1S/C14H30N2/c1-5-6-12-7-8-13(15)14(9-12)16(4)10-11(2)3/h11-14H,5-10,15H2,1-4H3. The molecule has 1 rings (SSSR count). The fourth-order valence-corrected chi connectivity index (χ4v) is 3.14. The highest BCUT2D eigenvalue weighted by molar-refractivity contribution is 4.88. The van der Waals surface area contributed by atoms with Crippen LogP contribution in [0.25, 0.3) is 0 Å². The molecule has 1 aliphatic rings. The molecule has 1 fully saturated rings. The van der Waals surface area contributed by atoms with E-state index in [-0.39, 0.29) is 0 Å². The predicted molar refractivity (Wildman–Crippen MR) is 71.5 cm³/mol. The lowest BCUT2D eigenvalue weighted by atomic mass is 9.80. The van der Waals surface area contributed by atoms with Gasteiger partial charge in [0.1, 0.15) is 0 Å². The van der Waals surface area contributed by atoms with Crippen LogP contribution in [0.1, 0.15) is 52.9 Å². The van der Waals surface area contributed by atoms with E-state index in [9.17, 15) is 0 Å². The van der Waals surface area contributed by atoms with Crippen LogP contribution in [-0.2, 0) is 0 Å². The van der Waals surface area contributed by atoms with Gasteiger partial charge in [-0.25, -0.2) is 0 Å². The van der Waals surface area contributed by atoms with Gasteiger partial charge in [0, 0.05) is 18.6 Å². The lowest BCUT2D eigenvalue weighted by Crippen LogP contribution is -2.50.